The number of nitrogens with two attached hydrogens (primary N) is 2. The molecular formula is C20H25N10O10P. The maximum atomic E-state index is 13.6. The molecule has 21 heteroatoms. The molecule has 0 saturated carbocycles. The van der Waals surface area contributed by atoms with E-state index in [9.17, 15) is 34.7 Å². The van der Waals surface area contributed by atoms with E-state index in [-0.39, 0.29) is 34.1 Å². The second-order valence-electron chi connectivity index (χ2n) is 9.49. The number of imidazole rings is 2. The van der Waals surface area contributed by atoms with Crippen LogP contribution >= 0.6 is 7.60 Å². The molecule has 2 fully saturated rings. The molecule has 41 heavy (non-hydrogen) atoms. The minimum atomic E-state index is -4.88. The highest BCUT2D eigenvalue weighted by atomic mass is 31.2. The van der Waals surface area contributed by atoms with Gasteiger partial charge in [0.1, 0.15) is 48.0 Å². The number of aliphatic hydroxyl groups excluding tert-OH is 4. The molecule has 1 unspecified atom stereocenters. The van der Waals surface area contributed by atoms with Crippen LogP contribution in [-0.4, -0.2) is 114 Å². The van der Waals surface area contributed by atoms with Gasteiger partial charge in [0, 0.05) is 0 Å². The van der Waals surface area contributed by atoms with Crippen LogP contribution in [0.1, 0.15) is 12.5 Å². The van der Waals surface area contributed by atoms with Crippen LogP contribution in [-0.2, 0) is 18.6 Å². The number of hydrogen-bond acceptors (Lipinski definition) is 16. The molecule has 4 aromatic heterocycles. The first kappa shape index (κ1) is 27.6. The molecule has 2 aliphatic heterocycles. The van der Waals surface area contributed by atoms with Crippen molar-refractivity contribution in [1.82, 2.24) is 39.0 Å². The second-order valence-corrected chi connectivity index (χ2v) is 11.5. The van der Waals surface area contributed by atoms with Crippen molar-refractivity contribution in [3.63, 3.8) is 0 Å². The lowest BCUT2D eigenvalue weighted by atomic mass is 10.1. The number of aromatic amines is 1. The Hall–Kier alpha value is -3.59. The first-order valence-electron chi connectivity index (χ1n) is 12.1. The standard InChI is InChI=1S/C20H25N10O10P/c21-14-8-15(24-3-23-14)29(4-25-8)18-12(34)10(32)7(40-18)2-38-41(36,37)13-11(33)6(1-31)39-19(13)30-5-26-9-16(30)27-20(22)28-17(9)35/h3-7,10-13,18-19,31-34H,1-2H2,(H,36,37)(H2,21,23,24)(H3,22,27,28,35)/t6-,7-,10-,11-,12+,13-,18-,19-/m1/s1. The highest BCUT2D eigenvalue weighted by molar-refractivity contribution is 7.53. The maximum Gasteiger partial charge on any atom is 0.338 e. The number of rotatable bonds is 7. The minimum Gasteiger partial charge on any atom is -0.394 e. The number of anilines is 2. The number of aliphatic hydroxyl groups is 4. The highest BCUT2D eigenvalue weighted by Crippen LogP contribution is 2.57. The quantitative estimate of drug-likeness (QED) is 0.0962. The van der Waals surface area contributed by atoms with Gasteiger partial charge in [0.15, 0.2) is 35.1 Å². The molecule has 2 aliphatic rings. The summed E-state index contributed by atoms with van der Waals surface area (Å²) in [4.78, 5) is 45.4. The van der Waals surface area contributed by atoms with E-state index in [0.29, 0.717) is 0 Å². The third kappa shape index (κ3) is 4.45. The van der Waals surface area contributed by atoms with E-state index in [1.165, 1.54) is 17.2 Å². The van der Waals surface area contributed by atoms with Gasteiger partial charge in [-0.15, -0.1) is 0 Å². The molecule has 6 rings (SSSR count). The summed E-state index contributed by atoms with van der Waals surface area (Å²) in [5.74, 6) is -0.175. The van der Waals surface area contributed by atoms with Crippen LogP contribution in [0.5, 0.6) is 0 Å². The molecule has 20 nitrogen and oxygen atoms in total. The zero-order chi connectivity index (χ0) is 29.2. The van der Waals surface area contributed by atoms with E-state index < -0.39 is 75.0 Å². The van der Waals surface area contributed by atoms with Gasteiger partial charge in [-0.1, -0.05) is 0 Å². The van der Waals surface area contributed by atoms with Gasteiger partial charge in [-0.3, -0.25) is 23.5 Å². The van der Waals surface area contributed by atoms with Crippen LogP contribution in [0.4, 0.5) is 11.8 Å². The van der Waals surface area contributed by atoms with Crippen LogP contribution in [0.25, 0.3) is 22.3 Å². The number of nitrogens with zero attached hydrogens (tertiary/aromatic N) is 7. The van der Waals surface area contributed by atoms with Gasteiger partial charge >= 0.3 is 7.60 Å². The molecule has 10 N–H and O–H groups in total. The van der Waals surface area contributed by atoms with Crippen molar-refractivity contribution < 1.29 is 43.9 Å². The number of fused-ring (bicyclic) bond motifs is 2. The van der Waals surface area contributed by atoms with Crippen LogP contribution < -0.4 is 17.0 Å². The van der Waals surface area contributed by atoms with Crippen LogP contribution in [0.3, 0.4) is 0 Å². The topological polar surface area (TPSA) is 305 Å². The van der Waals surface area contributed by atoms with Crippen molar-refractivity contribution >= 4 is 41.7 Å². The largest absolute Gasteiger partial charge is 0.394 e. The van der Waals surface area contributed by atoms with Gasteiger partial charge in [0.05, 0.1) is 25.9 Å². The molecule has 0 spiro atoms. The Morgan fingerprint density at radius 2 is 1.63 bits per heavy atom. The number of nitrogens with one attached hydrogen (secondary N) is 1. The van der Waals surface area contributed by atoms with Gasteiger partial charge in [-0.05, 0) is 0 Å². The fraction of sp³-hybridized carbons (Fsp3) is 0.500. The van der Waals surface area contributed by atoms with E-state index >= 15 is 0 Å². The summed E-state index contributed by atoms with van der Waals surface area (Å²) in [5.41, 5.74) is 9.24. The van der Waals surface area contributed by atoms with Crippen molar-refractivity contribution in [3.8, 4) is 0 Å². The number of H-pyrrole nitrogens is 1. The Balaban J connectivity index is 1.25. The van der Waals surface area contributed by atoms with E-state index in [0.717, 1.165) is 10.9 Å². The van der Waals surface area contributed by atoms with Crippen LogP contribution in [0.2, 0.25) is 0 Å². The van der Waals surface area contributed by atoms with Crippen LogP contribution in [0, 0.1) is 0 Å². The molecule has 0 amide bonds. The summed E-state index contributed by atoms with van der Waals surface area (Å²) >= 11 is 0. The summed E-state index contributed by atoms with van der Waals surface area (Å²) in [7, 11) is -4.88. The van der Waals surface area contributed by atoms with Gasteiger partial charge in [0.25, 0.3) is 5.56 Å². The highest BCUT2D eigenvalue weighted by Gasteiger charge is 2.55. The van der Waals surface area contributed by atoms with Gasteiger partial charge < -0.3 is 50.8 Å². The van der Waals surface area contributed by atoms with Crippen molar-refractivity contribution in [2.45, 2.75) is 48.6 Å². The predicted octanol–water partition coefficient (Wildman–Crippen LogP) is -3.44. The normalized spacial score (nSPS) is 31.7. The van der Waals surface area contributed by atoms with E-state index in [1.807, 2.05) is 0 Å². The average Bonchev–Trinajstić information content (AvgIpc) is 3.68. The summed E-state index contributed by atoms with van der Waals surface area (Å²) in [6.07, 6.45) is -6.55. The monoisotopic (exact) mass is 596 g/mol. The molecule has 0 radical (unpaired) electrons. The third-order valence-corrected chi connectivity index (χ3v) is 8.87. The SMILES string of the molecule is Nc1nc2c(ncn2[C@@H]2O[C@H](CO)[C@@H](O)[C@H]2P(=O)(O)OC[C@H]2O[C@@H](n3cnc4c(N)ncnc43)[C@@H](O)[C@@H]2O)c(=O)[nH]1. The average molecular weight is 596 g/mol. The number of aromatic nitrogens is 8. The molecule has 0 aliphatic carbocycles. The molecule has 9 atom stereocenters. The molecule has 220 valence electrons. The molecule has 0 aromatic carbocycles. The Morgan fingerprint density at radius 3 is 2.37 bits per heavy atom. The first-order valence-corrected chi connectivity index (χ1v) is 13.7. The Kier molecular flexibility index (Phi) is 6.76. The molecular weight excluding hydrogens is 571 g/mol. The first-order chi connectivity index (χ1) is 19.5. The smallest absolute Gasteiger partial charge is 0.338 e. The maximum absolute atomic E-state index is 13.6. The summed E-state index contributed by atoms with van der Waals surface area (Å²) in [6, 6.07) is 0. The number of ether oxygens (including phenoxy) is 2. The van der Waals surface area contributed by atoms with Crippen LogP contribution in [0.15, 0.2) is 23.8 Å². The van der Waals surface area contributed by atoms with Crippen molar-refractivity contribution in [2.24, 2.45) is 0 Å². The lowest BCUT2D eigenvalue weighted by molar-refractivity contribution is -0.0496. The minimum absolute atomic E-state index is 0.0872. The van der Waals surface area contributed by atoms with Crippen molar-refractivity contribution in [1.29, 1.82) is 0 Å². The Labute approximate surface area is 227 Å². The zero-order valence-electron chi connectivity index (χ0n) is 20.8. The Morgan fingerprint density at radius 1 is 0.951 bits per heavy atom. The molecule has 2 saturated heterocycles. The summed E-state index contributed by atoms with van der Waals surface area (Å²) < 4.78 is 32.7. The molecule has 6 heterocycles. The van der Waals surface area contributed by atoms with Gasteiger partial charge in [-0.25, -0.2) is 19.9 Å². The second kappa shape index (κ2) is 10.0. The zero-order valence-corrected chi connectivity index (χ0v) is 21.7. The summed E-state index contributed by atoms with van der Waals surface area (Å²) in [6.45, 7) is -1.43. The van der Waals surface area contributed by atoms with Gasteiger partial charge in [0.2, 0.25) is 5.95 Å². The third-order valence-electron chi connectivity index (χ3n) is 7.04. The van der Waals surface area contributed by atoms with E-state index in [4.69, 9.17) is 25.5 Å². The lowest BCUT2D eigenvalue weighted by Crippen LogP contribution is -2.36. The fourth-order valence-corrected chi connectivity index (χ4v) is 6.66. The number of nitrogen functional groups attached to an aromatic ring is 2. The summed E-state index contributed by atoms with van der Waals surface area (Å²) in [5, 5.41) is 41.8. The molecule has 4 aromatic rings. The van der Waals surface area contributed by atoms with Crippen molar-refractivity contribution in [2.75, 3.05) is 24.7 Å². The van der Waals surface area contributed by atoms with Gasteiger partial charge in [-0.2, -0.15) is 4.98 Å². The Bertz CT molecular complexity index is 1710. The van der Waals surface area contributed by atoms with E-state index in [1.54, 1.807) is 0 Å². The number of hydrogen-bond donors (Lipinski definition) is 8. The fourth-order valence-electron chi connectivity index (χ4n) is 5.01. The lowest BCUT2D eigenvalue weighted by Gasteiger charge is -2.27. The van der Waals surface area contributed by atoms with E-state index in [2.05, 4.69) is 29.9 Å². The molecule has 0 bridgehead atoms. The predicted molar refractivity (Wildman–Crippen MR) is 135 cm³/mol. The van der Waals surface area contributed by atoms with Crippen molar-refractivity contribution in [3.05, 3.63) is 29.3 Å².